The lowest BCUT2D eigenvalue weighted by Crippen LogP contribution is -2.28. The van der Waals surface area contributed by atoms with Crippen LogP contribution in [0.25, 0.3) is 0 Å². The second-order valence-electron chi connectivity index (χ2n) is 4.50. The monoisotopic (exact) mass is 369 g/mol. The van der Waals surface area contributed by atoms with Crippen molar-refractivity contribution in [3.8, 4) is 0 Å². The van der Waals surface area contributed by atoms with Gasteiger partial charge in [-0.25, -0.2) is 18.1 Å². The van der Waals surface area contributed by atoms with Crippen molar-refractivity contribution in [2.24, 2.45) is 0 Å². The highest BCUT2D eigenvalue weighted by atomic mass is 79.9. The Balaban J connectivity index is 2.29. The standard InChI is InChI=1S/C14H16BrN3O2S/c1-10(11-5-3-6-12(15)9-11)18-21(19,20)14-13(16-2)7-4-8-17-14/h3-10,16,18H,1-2H3. The van der Waals surface area contributed by atoms with E-state index >= 15 is 0 Å². The Morgan fingerprint density at radius 3 is 2.67 bits per heavy atom. The summed E-state index contributed by atoms with van der Waals surface area (Å²) in [6.45, 7) is 1.79. The number of anilines is 1. The van der Waals surface area contributed by atoms with Crippen LogP contribution < -0.4 is 10.0 Å². The van der Waals surface area contributed by atoms with E-state index < -0.39 is 10.0 Å². The Labute approximate surface area is 133 Å². The molecule has 21 heavy (non-hydrogen) atoms. The summed E-state index contributed by atoms with van der Waals surface area (Å²) >= 11 is 3.38. The first-order valence-corrected chi connectivity index (χ1v) is 8.62. The average molecular weight is 370 g/mol. The molecular formula is C14H16BrN3O2S. The van der Waals surface area contributed by atoms with Crippen molar-refractivity contribution in [3.63, 3.8) is 0 Å². The molecule has 0 spiro atoms. The highest BCUT2D eigenvalue weighted by Gasteiger charge is 2.22. The molecule has 0 fully saturated rings. The molecule has 2 aromatic rings. The zero-order chi connectivity index (χ0) is 15.5. The Morgan fingerprint density at radius 1 is 1.24 bits per heavy atom. The molecule has 1 aromatic heterocycles. The van der Waals surface area contributed by atoms with Crippen LogP contribution in [0.4, 0.5) is 5.69 Å². The number of sulfonamides is 1. The van der Waals surface area contributed by atoms with E-state index in [0.29, 0.717) is 5.69 Å². The lowest BCUT2D eigenvalue weighted by molar-refractivity contribution is 0.563. The summed E-state index contributed by atoms with van der Waals surface area (Å²) in [5.41, 5.74) is 1.33. The fourth-order valence-electron chi connectivity index (χ4n) is 1.93. The van der Waals surface area contributed by atoms with E-state index in [1.165, 1.54) is 6.20 Å². The molecule has 0 aliphatic carbocycles. The molecule has 1 aromatic carbocycles. The van der Waals surface area contributed by atoms with Crippen LogP contribution in [0, 0.1) is 0 Å². The van der Waals surface area contributed by atoms with Crippen molar-refractivity contribution in [2.75, 3.05) is 12.4 Å². The van der Waals surface area contributed by atoms with E-state index in [1.807, 2.05) is 24.3 Å². The van der Waals surface area contributed by atoms with Gasteiger partial charge in [-0.05, 0) is 36.8 Å². The number of hydrogen-bond donors (Lipinski definition) is 2. The van der Waals surface area contributed by atoms with Crippen LogP contribution in [-0.4, -0.2) is 20.4 Å². The first-order valence-electron chi connectivity index (χ1n) is 6.34. The first-order chi connectivity index (χ1) is 9.94. The predicted molar refractivity (Wildman–Crippen MR) is 86.7 cm³/mol. The Hall–Kier alpha value is -1.44. The number of halogens is 1. The van der Waals surface area contributed by atoms with Gasteiger partial charge in [0, 0.05) is 23.8 Å². The van der Waals surface area contributed by atoms with E-state index in [2.05, 4.69) is 31.0 Å². The maximum atomic E-state index is 12.5. The summed E-state index contributed by atoms with van der Waals surface area (Å²) in [5.74, 6) is 0. The third kappa shape index (κ3) is 3.81. The van der Waals surface area contributed by atoms with Gasteiger partial charge in [-0.3, -0.25) is 0 Å². The van der Waals surface area contributed by atoms with Gasteiger partial charge in [-0.15, -0.1) is 0 Å². The zero-order valence-corrected chi connectivity index (χ0v) is 14.1. The number of nitrogens with zero attached hydrogens (tertiary/aromatic N) is 1. The smallest absolute Gasteiger partial charge is 0.260 e. The van der Waals surface area contributed by atoms with Crippen LogP contribution in [0.1, 0.15) is 18.5 Å². The highest BCUT2D eigenvalue weighted by Crippen LogP contribution is 2.22. The lowest BCUT2D eigenvalue weighted by Gasteiger charge is -2.16. The topological polar surface area (TPSA) is 71.1 Å². The molecule has 5 nitrogen and oxygen atoms in total. The first kappa shape index (κ1) is 15.9. The minimum Gasteiger partial charge on any atom is -0.386 e. The largest absolute Gasteiger partial charge is 0.386 e. The number of rotatable bonds is 5. The van der Waals surface area contributed by atoms with Crippen LogP contribution in [-0.2, 0) is 10.0 Å². The van der Waals surface area contributed by atoms with Gasteiger partial charge in [-0.2, -0.15) is 0 Å². The maximum Gasteiger partial charge on any atom is 0.260 e. The summed E-state index contributed by atoms with van der Waals surface area (Å²) < 4.78 is 28.5. The van der Waals surface area contributed by atoms with Crippen molar-refractivity contribution < 1.29 is 8.42 Å². The van der Waals surface area contributed by atoms with Crippen LogP contribution in [0.5, 0.6) is 0 Å². The van der Waals surface area contributed by atoms with Gasteiger partial charge in [0.05, 0.1) is 5.69 Å². The second kappa shape index (κ2) is 6.55. The predicted octanol–water partition coefficient (Wildman–Crippen LogP) is 2.93. The SMILES string of the molecule is CNc1cccnc1S(=O)(=O)NC(C)c1cccc(Br)c1. The van der Waals surface area contributed by atoms with E-state index in [9.17, 15) is 8.42 Å². The molecule has 7 heteroatoms. The summed E-state index contributed by atoms with van der Waals surface area (Å²) in [4.78, 5) is 3.96. The van der Waals surface area contributed by atoms with Gasteiger partial charge in [-0.1, -0.05) is 28.1 Å². The molecule has 0 bridgehead atoms. The summed E-state index contributed by atoms with van der Waals surface area (Å²) in [5, 5.41) is 2.83. The van der Waals surface area contributed by atoms with Crippen LogP contribution in [0.15, 0.2) is 52.1 Å². The molecule has 2 rings (SSSR count). The third-order valence-corrected chi connectivity index (χ3v) is 4.97. The van der Waals surface area contributed by atoms with E-state index in [4.69, 9.17) is 0 Å². The Morgan fingerprint density at radius 2 is 2.00 bits per heavy atom. The molecule has 2 N–H and O–H groups in total. The van der Waals surface area contributed by atoms with Crippen molar-refractivity contribution in [3.05, 3.63) is 52.6 Å². The molecule has 1 atom stereocenters. The Kier molecular flexibility index (Phi) is 4.97. The fraction of sp³-hybridized carbons (Fsp3) is 0.214. The van der Waals surface area contributed by atoms with E-state index in [0.717, 1.165) is 10.0 Å². The fourth-order valence-corrected chi connectivity index (χ4v) is 3.72. The van der Waals surface area contributed by atoms with Crippen molar-refractivity contribution in [2.45, 2.75) is 18.0 Å². The maximum absolute atomic E-state index is 12.5. The molecule has 0 radical (unpaired) electrons. The number of pyridine rings is 1. The van der Waals surface area contributed by atoms with Crippen LogP contribution >= 0.6 is 15.9 Å². The third-order valence-electron chi connectivity index (χ3n) is 2.98. The normalized spacial score (nSPS) is 12.9. The quantitative estimate of drug-likeness (QED) is 0.849. The lowest BCUT2D eigenvalue weighted by atomic mass is 10.1. The second-order valence-corrected chi connectivity index (χ2v) is 7.05. The van der Waals surface area contributed by atoms with Crippen LogP contribution in [0.2, 0.25) is 0 Å². The molecule has 112 valence electrons. The van der Waals surface area contributed by atoms with Gasteiger partial charge < -0.3 is 5.32 Å². The summed E-state index contributed by atoms with van der Waals surface area (Å²) in [7, 11) is -2.04. The number of nitrogens with one attached hydrogen (secondary N) is 2. The zero-order valence-electron chi connectivity index (χ0n) is 11.7. The van der Waals surface area contributed by atoms with Crippen molar-refractivity contribution >= 4 is 31.6 Å². The molecule has 1 heterocycles. The molecule has 0 amide bonds. The molecule has 0 aliphatic heterocycles. The minimum absolute atomic E-state index is 0.00523. The minimum atomic E-state index is -3.70. The number of hydrogen-bond acceptors (Lipinski definition) is 4. The van der Waals surface area contributed by atoms with Crippen molar-refractivity contribution in [1.82, 2.24) is 9.71 Å². The highest BCUT2D eigenvalue weighted by molar-refractivity contribution is 9.10. The molecule has 0 aliphatic rings. The van der Waals surface area contributed by atoms with Gasteiger partial charge >= 0.3 is 0 Å². The van der Waals surface area contributed by atoms with Gasteiger partial charge in [0.15, 0.2) is 5.03 Å². The summed E-state index contributed by atoms with van der Waals surface area (Å²) in [6, 6.07) is 10.5. The molecular weight excluding hydrogens is 354 g/mol. The van der Waals surface area contributed by atoms with Gasteiger partial charge in [0.25, 0.3) is 10.0 Å². The Bertz CT molecular complexity index is 735. The van der Waals surface area contributed by atoms with Crippen molar-refractivity contribution in [1.29, 1.82) is 0 Å². The number of benzene rings is 1. The molecule has 1 unspecified atom stereocenters. The van der Waals surface area contributed by atoms with E-state index in [1.54, 1.807) is 26.1 Å². The molecule has 0 saturated carbocycles. The van der Waals surface area contributed by atoms with Crippen LogP contribution in [0.3, 0.4) is 0 Å². The van der Waals surface area contributed by atoms with E-state index in [-0.39, 0.29) is 11.1 Å². The van der Waals surface area contributed by atoms with Gasteiger partial charge in [0.1, 0.15) is 0 Å². The molecule has 0 saturated heterocycles. The number of aromatic nitrogens is 1. The van der Waals surface area contributed by atoms with Gasteiger partial charge in [0.2, 0.25) is 0 Å². The average Bonchev–Trinajstić information content (AvgIpc) is 2.46. The summed E-state index contributed by atoms with van der Waals surface area (Å²) in [6.07, 6.45) is 1.46.